The fraction of sp³-hybridized carbons (Fsp3) is 0.364. The van der Waals surface area contributed by atoms with Crippen LogP contribution in [0.5, 0.6) is 0 Å². The van der Waals surface area contributed by atoms with E-state index >= 15 is 0 Å². The molecule has 3 N–H and O–H groups in total. The number of hydrogen-bond donors (Lipinski definition) is 2. The summed E-state index contributed by atoms with van der Waals surface area (Å²) in [6, 6.07) is 0. The number of nitrogens with zero attached hydrogens (tertiary/aromatic N) is 4. The summed E-state index contributed by atoms with van der Waals surface area (Å²) in [5, 5.41) is 11.9. The molecule has 1 amide bonds. The molecule has 19 heavy (non-hydrogen) atoms. The molecule has 0 saturated heterocycles. The molecule has 0 bridgehead atoms. The van der Waals surface area contributed by atoms with Crippen LogP contribution < -0.4 is 11.1 Å². The lowest BCUT2D eigenvalue weighted by molar-refractivity contribution is 0.102. The maximum Gasteiger partial charge on any atom is 0.279 e. The predicted octanol–water partition coefficient (Wildman–Crippen LogP) is 1.51. The average molecular weight is 278 g/mol. The van der Waals surface area contributed by atoms with E-state index in [0.29, 0.717) is 5.13 Å². The quantitative estimate of drug-likeness (QED) is 0.858. The maximum atomic E-state index is 11.9. The molecule has 0 spiro atoms. The Bertz CT molecular complexity index is 570. The first-order valence-electron chi connectivity index (χ1n) is 5.91. The molecule has 0 atom stereocenters. The van der Waals surface area contributed by atoms with Crippen LogP contribution in [0.3, 0.4) is 0 Å². The Labute approximate surface area is 114 Å². The van der Waals surface area contributed by atoms with Crippen LogP contribution in [0.25, 0.3) is 0 Å². The molecule has 2 aromatic heterocycles. The van der Waals surface area contributed by atoms with Crippen molar-refractivity contribution < 1.29 is 4.79 Å². The van der Waals surface area contributed by atoms with Crippen LogP contribution in [0.1, 0.15) is 35.3 Å². The Morgan fingerprint density at radius 3 is 2.89 bits per heavy atom. The molecule has 8 heteroatoms. The Kier molecular flexibility index (Phi) is 4.35. The highest BCUT2D eigenvalue weighted by molar-refractivity contribution is 7.15. The molecule has 2 rings (SSSR count). The summed E-state index contributed by atoms with van der Waals surface area (Å²) in [7, 11) is 0. The first kappa shape index (κ1) is 13.3. The van der Waals surface area contributed by atoms with Crippen molar-refractivity contribution in [1.82, 2.24) is 20.2 Å². The van der Waals surface area contributed by atoms with Crippen LogP contribution in [0, 0.1) is 0 Å². The summed E-state index contributed by atoms with van der Waals surface area (Å²) >= 11 is 1.36. The van der Waals surface area contributed by atoms with E-state index in [2.05, 4.69) is 32.4 Å². The van der Waals surface area contributed by atoms with Crippen molar-refractivity contribution in [2.24, 2.45) is 0 Å². The minimum Gasteiger partial charge on any atom is -0.382 e. The number of aryl methyl sites for hydroxylation is 1. The molecule has 0 aliphatic heterocycles. The molecular formula is C11H14N6OS. The summed E-state index contributed by atoms with van der Waals surface area (Å²) in [6.07, 6.45) is 5.87. The topological polar surface area (TPSA) is 107 Å². The van der Waals surface area contributed by atoms with Gasteiger partial charge in [0.15, 0.2) is 11.5 Å². The van der Waals surface area contributed by atoms with Gasteiger partial charge in [-0.25, -0.2) is 9.97 Å². The van der Waals surface area contributed by atoms with Gasteiger partial charge < -0.3 is 5.73 Å². The van der Waals surface area contributed by atoms with Gasteiger partial charge in [-0.1, -0.05) is 24.7 Å². The molecule has 0 fully saturated rings. The molecule has 0 aliphatic carbocycles. The smallest absolute Gasteiger partial charge is 0.279 e. The third-order valence-electron chi connectivity index (χ3n) is 2.37. The summed E-state index contributed by atoms with van der Waals surface area (Å²) in [4.78, 5) is 19.6. The van der Waals surface area contributed by atoms with E-state index in [4.69, 9.17) is 5.73 Å². The molecule has 0 saturated carbocycles. The van der Waals surface area contributed by atoms with E-state index < -0.39 is 5.91 Å². The van der Waals surface area contributed by atoms with Crippen LogP contribution in [-0.4, -0.2) is 26.1 Å². The molecule has 2 aromatic rings. The second-order valence-electron chi connectivity index (χ2n) is 3.85. The highest BCUT2D eigenvalue weighted by Crippen LogP contribution is 2.18. The number of hydrogen-bond acceptors (Lipinski definition) is 7. The third kappa shape index (κ3) is 3.44. The fourth-order valence-electron chi connectivity index (χ4n) is 1.41. The second kappa shape index (κ2) is 6.19. The minimum atomic E-state index is -0.427. The summed E-state index contributed by atoms with van der Waals surface area (Å²) in [5.41, 5.74) is 5.67. The van der Waals surface area contributed by atoms with Gasteiger partial charge in [0.1, 0.15) is 5.01 Å². The Hall–Kier alpha value is -2.09. The maximum absolute atomic E-state index is 11.9. The van der Waals surface area contributed by atoms with Crippen LogP contribution in [0.4, 0.5) is 10.9 Å². The predicted molar refractivity (Wildman–Crippen MR) is 72.9 cm³/mol. The summed E-state index contributed by atoms with van der Waals surface area (Å²) in [5.74, 6) is -0.334. The molecule has 7 nitrogen and oxygen atoms in total. The number of carbonyl (C=O) groups excluding carboxylic acids is 1. The van der Waals surface area contributed by atoms with E-state index in [9.17, 15) is 4.79 Å². The zero-order valence-electron chi connectivity index (χ0n) is 10.5. The number of aromatic nitrogens is 4. The molecule has 100 valence electrons. The van der Waals surface area contributed by atoms with E-state index in [1.165, 1.54) is 23.7 Å². The fourth-order valence-corrected chi connectivity index (χ4v) is 2.19. The van der Waals surface area contributed by atoms with E-state index in [1.807, 2.05) is 0 Å². The largest absolute Gasteiger partial charge is 0.382 e. The number of anilines is 2. The van der Waals surface area contributed by atoms with E-state index in [0.717, 1.165) is 24.3 Å². The highest BCUT2D eigenvalue weighted by Gasteiger charge is 2.14. The van der Waals surface area contributed by atoms with Crippen molar-refractivity contribution in [2.45, 2.75) is 26.2 Å². The van der Waals surface area contributed by atoms with Gasteiger partial charge in [0.2, 0.25) is 5.13 Å². The number of nitrogen functional groups attached to an aromatic ring is 1. The Morgan fingerprint density at radius 1 is 1.37 bits per heavy atom. The SMILES string of the molecule is CCCCc1nnc(NC(=O)c2nccnc2N)s1. The molecule has 0 unspecified atom stereocenters. The standard InChI is InChI=1S/C11H14N6OS/c1-2-3-4-7-16-17-11(19-7)15-10(18)8-9(12)14-6-5-13-8/h5-6H,2-4H2,1H3,(H2,12,14)(H,15,17,18). The van der Waals surface area contributed by atoms with Gasteiger partial charge in [-0.3, -0.25) is 10.1 Å². The normalized spacial score (nSPS) is 10.4. The third-order valence-corrected chi connectivity index (χ3v) is 3.27. The number of nitrogens with two attached hydrogens (primary N) is 1. The van der Waals surface area contributed by atoms with Gasteiger partial charge in [-0.05, 0) is 6.42 Å². The number of amides is 1. The lowest BCUT2D eigenvalue weighted by Crippen LogP contribution is -2.16. The molecule has 2 heterocycles. The van der Waals surface area contributed by atoms with Crippen molar-refractivity contribution in [3.8, 4) is 0 Å². The molecular weight excluding hydrogens is 264 g/mol. The zero-order chi connectivity index (χ0) is 13.7. The van der Waals surface area contributed by atoms with Gasteiger partial charge in [0.25, 0.3) is 5.91 Å². The number of rotatable bonds is 5. The van der Waals surface area contributed by atoms with E-state index in [1.54, 1.807) is 0 Å². The Morgan fingerprint density at radius 2 is 2.16 bits per heavy atom. The first-order valence-corrected chi connectivity index (χ1v) is 6.72. The Balaban J connectivity index is 2.03. The average Bonchev–Trinajstić information content (AvgIpc) is 2.84. The highest BCUT2D eigenvalue weighted by atomic mass is 32.1. The van der Waals surface area contributed by atoms with Crippen molar-refractivity contribution in [1.29, 1.82) is 0 Å². The van der Waals surface area contributed by atoms with Crippen LogP contribution >= 0.6 is 11.3 Å². The number of nitrogens with one attached hydrogen (secondary N) is 1. The van der Waals surface area contributed by atoms with Crippen molar-refractivity contribution in [3.05, 3.63) is 23.1 Å². The van der Waals surface area contributed by atoms with Gasteiger partial charge in [0, 0.05) is 18.8 Å². The van der Waals surface area contributed by atoms with Crippen molar-refractivity contribution in [2.75, 3.05) is 11.1 Å². The van der Waals surface area contributed by atoms with Gasteiger partial charge in [-0.2, -0.15) is 0 Å². The minimum absolute atomic E-state index is 0.0906. The molecule has 0 aliphatic rings. The first-order chi connectivity index (χ1) is 9.20. The van der Waals surface area contributed by atoms with Gasteiger partial charge >= 0.3 is 0 Å². The summed E-state index contributed by atoms with van der Waals surface area (Å²) < 4.78 is 0. The van der Waals surface area contributed by atoms with Crippen molar-refractivity contribution >= 4 is 28.2 Å². The summed E-state index contributed by atoms with van der Waals surface area (Å²) in [6.45, 7) is 2.11. The molecule has 0 aromatic carbocycles. The zero-order valence-corrected chi connectivity index (χ0v) is 11.3. The number of carbonyl (C=O) groups is 1. The monoisotopic (exact) mass is 278 g/mol. The van der Waals surface area contributed by atoms with Crippen LogP contribution in [0.2, 0.25) is 0 Å². The van der Waals surface area contributed by atoms with Crippen molar-refractivity contribution in [3.63, 3.8) is 0 Å². The van der Waals surface area contributed by atoms with Gasteiger partial charge in [0.05, 0.1) is 0 Å². The van der Waals surface area contributed by atoms with E-state index in [-0.39, 0.29) is 11.5 Å². The van der Waals surface area contributed by atoms with Gasteiger partial charge in [-0.15, -0.1) is 10.2 Å². The lowest BCUT2D eigenvalue weighted by atomic mass is 10.3. The molecule has 0 radical (unpaired) electrons. The van der Waals surface area contributed by atoms with Crippen LogP contribution in [0.15, 0.2) is 12.4 Å². The van der Waals surface area contributed by atoms with Crippen LogP contribution in [-0.2, 0) is 6.42 Å². The second-order valence-corrected chi connectivity index (χ2v) is 4.91. The lowest BCUT2D eigenvalue weighted by Gasteiger charge is -2.01. The number of unbranched alkanes of at least 4 members (excludes halogenated alkanes) is 1.